The molecular formula is C22H28N2O3S. The summed E-state index contributed by atoms with van der Waals surface area (Å²) in [7, 11) is -3.07. The third-order valence-corrected chi connectivity index (χ3v) is 6.15. The molecule has 1 heterocycles. The first-order valence-electron chi connectivity index (χ1n) is 9.71. The first-order chi connectivity index (χ1) is 13.4. The van der Waals surface area contributed by atoms with Gasteiger partial charge in [0.25, 0.3) is 5.91 Å². The molecule has 3 rings (SSSR count). The first-order valence-corrected chi connectivity index (χ1v) is 11.8. The normalized spacial score (nSPS) is 15.6. The molecule has 2 aromatic carbocycles. The highest BCUT2D eigenvalue weighted by atomic mass is 32.2. The van der Waals surface area contributed by atoms with E-state index < -0.39 is 9.84 Å². The van der Waals surface area contributed by atoms with Gasteiger partial charge in [0.05, 0.1) is 5.75 Å². The second-order valence-electron chi connectivity index (χ2n) is 7.53. The van der Waals surface area contributed by atoms with Crippen molar-refractivity contribution in [1.29, 1.82) is 0 Å². The summed E-state index contributed by atoms with van der Waals surface area (Å²) in [6, 6.07) is 15.6. The fraction of sp³-hybridized carbons (Fsp3) is 0.409. The van der Waals surface area contributed by atoms with Crippen LogP contribution in [0.15, 0.2) is 48.5 Å². The molecular weight excluding hydrogens is 372 g/mol. The molecule has 0 aromatic heterocycles. The first kappa shape index (κ1) is 20.6. The van der Waals surface area contributed by atoms with Gasteiger partial charge in [-0.2, -0.15) is 0 Å². The maximum absolute atomic E-state index is 12.5. The van der Waals surface area contributed by atoms with Crippen LogP contribution in [0.3, 0.4) is 0 Å². The molecule has 1 aliphatic heterocycles. The predicted octanol–water partition coefficient (Wildman–Crippen LogP) is 2.80. The number of carbonyl (C=O) groups is 1. The summed E-state index contributed by atoms with van der Waals surface area (Å²) in [5, 5.41) is 3.04. The van der Waals surface area contributed by atoms with Gasteiger partial charge in [0.2, 0.25) is 0 Å². The largest absolute Gasteiger partial charge is 0.350 e. The Bertz CT molecular complexity index is 923. The molecule has 5 nitrogen and oxygen atoms in total. The van der Waals surface area contributed by atoms with Gasteiger partial charge < -0.3 is 5.32 Å². The maximum Gasteiger partial charge on any atom is 0.251 e. The van der Waals surface area contributed by atoms with Crippen LogP contribution in [0.25, 0.3) is 0 Å². The topological polar surface area (TPSA) is 66.5 Å². The van der Waals surface area contributed by atoms with E-state index in [2.05, 4.69) is 41.4 Å². The maximum atomic E-state index is 12.5. The second kappa shape index (κ2) is 8.88. The minimum Gasteiger partial charge on any atom is -0.350 e. The smallest absolute Gasteiger partial charge is 0.251 e. The third kappa shape index (κ3) is 5.42. The van der Waals surface area contributed by atoms with Gasteiger partial charge in [-0.05, 0) is 41.7 Å². The zero-order valence-corrected chi connectivity index (χ0v) is 17.3. The molecule has 0 unspecified atom stereocenters. The van der Waals surface area contributed by atoms with Gasteiger partial charge >= 0.3 is 0 Å². The van der Waals surface area contributed by atoms with Crippen LogP contribution in [0.5, 0.6) is 0 Å². The van der Waals surface area contributed by atoms with E-state index in [0.29, 0.717) is 23.7 Å². The molecule has 1 N–H and O–H groups in total. The SMILES string of the molecule is CC[C@@H](CNC(=O)c1ccc(CS(C)(=O)=O)cc1)N1CCc2ccccc2C1. The van der Waals surface area contributed by atoms with E-state index in [1.165, 1.54) is 17.4 Å². The molecule has 0 radical (unpaired) electrons. The van der Waals surface area contributed by atoms with Gasteiger partial charge in [-0.3, -0.25) is 9.69 Å². The van der Waals surface area contributed by atoms with Gasteiger partial charge in [0.1, 0.15) is 0 Å². The van der Waals surface area contributed by atoms with Crippen LogP contribution >= 0.6 is 0 Å². The predicted molar refractivity (Wildman–Crippen MR) is 112 cm³/mol. The summed E-state index contributed by atoms with van der Waals surface area (Å²) in [4.78, 5) is 14.9. The van der Waals surface area contributed by atoms with E-state index in [1.807, 2.05) is 0 Å². The van der Waals surface area contributed by atoms with Gasteiger partial charge in [-0.25, -0.2) is 8.42 Å². The summed E-state index contributed by atoms with van der Waals surface area (Å²) >= 11 is 0. The summed E-state index contributed by atoms with van der Waals surface area (Å²) in [6.45, 7) is 4.68. The number of rotatable bonds is 7. The van der Waals surface area contributed by atoms with Crippen molar-refractivity contribution in [2.75, 3.05) is 19.3 Å². The van der Waals surface area contributed by atoms with Crippen LogP contribution in [-0.2, 0) is 28.6 Å². The number of amides is 1. The number of sulfone groups is 1. The molecule has 0 spiro atoms. The summed E-state index contributed by atoms with van der Waals surface area (Å²) < 4.78 is 22.7. The van der Waals surface area contributed by atoms with E-state index in [4.69, 9.17) is 0 Å². The lowest BCUT2D eigenvalue weighted by molar-refractivity contribution is 0.0926. The number of nitrogens with zero attached hydrogens (tertiary/aromatic N) is 1. The van der Waals surface area contributed by atoms with Crippen molar-refractivity contribution in [1.82, 2.24) is 10.2 Å². The highest BCUT2D eigenvalue weighted by Gasteiger charge is 2.22. The zero-order valence-electron chi connectivity index (χ0n) is 16.5. The van der Waals surface area contributed by atoms with E-state index in [-0.39, 0.29) is 11.7 Å². The van der Waals surface area contributed by atoms with E-state index in [0.717, 1.165) is 25.9 Å². The van der Waals surface area contributed by atoms with Crippen LogP contribution in [0.4, 0.5) is 0 Å². The minimum absolute atomic E-state index is 0.0107. The molecule has 1 atom stereocenters. The number of hydrogen-bond donors (Lipinski definition) is 1. The van der Waals surface area contributed by atoms with Crippen molar-refractivity contribution in [3.05, 3.63) is 70.8 Å². The van der Waals surface area contributed by atoms with Crippen molar-refractivity contribution in [2.45, 2.75) is 38.1 Å². The third-order valence-electron chi connectivity index (χ3n) is 5.29. The van der Waals surface area contributed by atoms with Gasteiger partial charge in [-0.15, -0.1) is 0 Å². The quantitative estimate of drug-likeness (QED) is 0.776. The minimum atomic E-state index is -3.07. The van der Waals surface area contributed by atoms with Crippen molar-refractivity contribution >= 4 is 15.7 Å². The Kier molecular flexibility index (Phi) is 6.52. The number of carbonyl (C=O) groups excluding carboxylic acids is 1. The number of nitrogens with one attached hydrogen (secondary N) is 1. The monoisotopic (exact) mass is 400 g/mol. The Morgan fingerprint density at radius 3 is 2.43 bits per heavy atom. The number of hydrogen-bond acceptors (Lipinski definition) is 4. The van der Waals surface area contributed by atoms with Crippen molar-refractivity contribution in [2.24, 2.45) is 0 Å². The summed E-state index contributed by atoms with van der Waals surface area (Å²) in [6.07, 6.45) is 3.22. The summed E-state index contributed by atoms with van der Waals surface area (Å²) in [5.74, 6) is -0.134. The van der Waals surface area contributed by atoms with Gasteiger partial charge in [0.15, 0.2) is 9.84 Å². The highest BCUT2D eigenvalue weighted by Crippen LogP contribution is 2.21. The van der Waals surface area contributed by atoms with Crippen molar-refractivity contribution < 1.29 is 13.2 Å². The van der Waals surface area contributed by atoms with Gasteiger partial charge in [-0.1, -0.05) is 43.3 Å². The zero-order chi connectivity index (χ0) is 20.1. The molecule has 0 saturated heterocycles. The lowest BCUT2D eigenvalue weighted by Gasteiger charge is -2.35. The van der Waals surface area contributed by atoms with Crippen LogP contribution in [0.1, 0.15) is 40.4 Å². The van der Waals surface area contributed by atoms with Gasteiger partial charge in [0, 0.05) is 37.5 Å². The van der Waals surface area contributed by atoms with E-state index in [9.17, 15) is 13.2 Å². The standard InChI is InChI=1S/C22H28N2O3S/c1-3-21(24-13-12-18-6-4-5-7-20(18)15-24)14-23-22(25)19-10-8-17(9-11-19)16-28(2,26)27/h4-11,21H,3,12-16H2,1-2H3,(H,23,25)/t21-/m0/s1. The highest BCUT2D eigenvalue weighted by molar-refractivity contribution is 7.89. The molecule has 1 amide bonds. The van der Waals surface area contributed by atoms with Crippen molar-refractivity contribution in [3.8, 4) is 0 Å². The van der Waals surface area contributed by atoms with E-state index >= 15 is 0 Å². The fourth-order valence-electron chi connectivity index (χ4n) is 3.73. The van der Waals surface area contributed by atoms with Crippen LogP contribution in [0, 0.1) is 0 Å². The molecule has 0 saturated carbocycles. The van der Waals surface area contributed by atoms with Crippen molar-refractivity contribution in [3.63, 3.8) is 0 Å². The Morgan fingerprint density at radius 1 is 1.11 bits per heavy atom. The molecule has 150 valence electrons. The van der Waals surface area contributed by atoms with Crippen LogP contribution in [-0.4, -0.2) is 44.6 Å². The summed E-state index contributed by atoms with van der Waals surface area (Å²) in [5.41, 5.74) is 4.04. The molecule has 0 aliphatic carbocycles. The molecule has 0 bridgehead atoms. The molecule has 1 aliphatic rings. The number of fused-ring (bicyclic) bond motifs is 1. The average Bonchev–Trinajstić information content (AvgIpc) is 2.67. The van der Waals surface area contributed by atoms with E-state index in [1.54, 1.807) is 24.3 Å². The molecule has 2 aromatic rings. The Balaban J connectivity index is 1.57. The van der Waals surface area contributed by atoms with Crippen LogP contribution < -0.4 is 5.32 Å². The Hall–Kier alpha value is -2.18. The Morgan fingerprint density at radius 2 is 1.79 bits per heavy atom. The second-order valence-corrected chi connectivity index (χ2v) is 9.67. The van der Waals surface area contributed by atoms with Crippen LogP contribution in [0.2, 0.25) is 0 Å². The lowest BCUT2D eigenvalue weighted by atomic mass is 9.98. The molecule has 28 heavy (non-hydrogen) atoms. The average molecular weight is 401 g/mol. The molecule has 6 heteroatoms. The lowest BCUT2D eigenvalue weighted by Crippen LogP contribution is -2.45. The fourth-order valence-corrected chi connectivity index (χ4v) is 4.53. The number of benzene rings is 2. The Labute approximate surface area is 167 Å². The molecule has 0 fully saturated rings.